The van der Waals surface area contributed by atoms with Crippen LogP contribution in [0.1, 0.15) is 12.8 Å². The molecule has 0 unspecified atom stereocenters. The second-order valence-electron chi connectivity index (χ2n) is 2.58. The molecule has 0 nitrogen and oxygen atoms in total. The molecule has 1 rings (SSSR count). The predicted octanol–water partition coefficient (Wildman–Crippen LogP) is 1.57. The minimum absolute atomic E-state index is 1.17. The first-order chi connectivity index (χ1) is 4.33. The molecule has 0 spiro atoms. The van der Waals surface area contributed by atoms with Crippen LogP contribution in [-0.4, -0.2) is 8.07 Å². The molecule has 0 aliphatic carbocycles. The molecule has 0 radical (unpaired) electrons. The van der Waals surface area contributed by atoms with E-state index in [4.69, 9.17) is 12.8 Å². The van der Waals surface area contributed by atoms with Gasteiger partial charge in [0, 0.05) is 0 Å². The van der Waals surface area contributed by atoms with E-state index in [1.807, 2.05) is 0 Å². The van der Waals surface area contributed by atoms with Crippen molar-refractivity contribution in [2.24, 2.45) is 0 Å². The van der Waals surface area contributed by atoms with Gasteiger partial charge < -0.3 is 0 Å². The Hall–Kier alpha value is -0.663. The van der Waals surface area contributed by atoms with Crippen molar-refractivity contribution in [2.45, 2.75) is 24.9 Å². The lowest BCUT2D eigenvalue weighted by Crippen LogP contribution is -2.25. The van der Waals surface area contributed by atoms with Crippen LogP contribution in [-0.2, 0) is 0 Å². The van der Waals surface area contributed by atoms with Crippen molar-refractivity contribution in [3.8, 4) is 23.9 Å². The van der Waals surface area contributed by atoms with Gasteiger partial charge in [0.2, 0.25) is 8.07 Å². The topological polar surface area (TPSA) is 0 Å². The highest BCUT2D eigenvalue weighted by molar-refractivity contribution is 6.94. The average Bonchev–Trinajstić information content (AvgIpc) is 2.36. The van der Waals surface area contributed by atoms with E-state index >= 15 is 0 Å². The van der Waals surface area contributed by atoms with Gasteiger partial charge in [0.05, 0.1) is 0 Å². The van der Waals surface area contributed by atoms with E-state index in [2.05, 4.69) is 11.1 Å². The second-order valence-corrected chi connectivity index (χ2v) is 6.32. The molecular formula is C8H10Si. The summed E-state index contributed by atoms with van der Waals surface area (Å²) in [4.78, 5) is 0. The summed E-state index contributed by atoms with van der Waals surface area (Å²) in [5, 5.41) is 0. The Kier molecular flexibility index (Phi) is 1.64. The van der Waals surface area contributed by atoms with Crippen molar-refractivity contribution in [1.29, 1.82) is 0 Å². The van der Waals surface area contributed by atoms with Crippen molar-refractivity contribution in [2.75, 3.05) is 0 Å². The summed E-state index contributed by atoms with van der Waals surface area (Å²) in [5.41, 5.74) is 5.66. The summed E-state index contributed by atoms with van der Waals surface area (Å²) in [6.07, 6.45) is 13.2. The summed E-state index contributed by atoms with van der Waals surface area (Å²) in [5.74, 6) is 0. The quantitative estimate of drug-likeness (QED) is 0.348. The van der Waals surface area contributed by atoms with E-state index in [-0.39, 0.29) is 0 Å². The molecule has 0 amide bonds. The van der Waals surface area contributed by atoms with Crippen LogP contribution < -0.4 is 0 Å². The van der Waals surface area contributed by atoms with Crippen LogP contribution >= 0.6 is 0 Å². The highest BCUT2D eigenvalue weighted by Gasteiger charge is 2.32. The Balaban J connectivity index is 2.74. The van der Waals surface area contributed by atoms with Gasteiger partial charge >= 0.3 is 0 Å². The van der Waals surface area contributed by atoms with E-state index in [0.717, 1.165) is 0 Å². The Morgan fingerprint density at radius 1 is 1.00 bits per heavy atom. The van der Waals surface area contributed by atoms with E-state index in [0.29, 0.717) is 0 Å². The highest BCUT2D eigenvalue weighted by Crippen LogP contribution is 2.28. The summed E-state index contributed by atoms with van der Waals surface area (Å²) < 4.78 is 0. The zero-order chi connectivity index (χ0) is 6.74. The lowest BCUT2D eigenvalue weighted by molar-refractivity contribution is 0.935. The van der Waals surface area contributed by atoms with Crippen LogP contribution in [0.15, 0.2) is 0 Å². The van der Waals surface area contributed by atoms with E-state index in [1.165, 1.54) is 24.9 Å². The van der Waals surface area contributed by atoms with Crippen molar-refractivity contribution < 1.29 is 0 Å². The first-order valence-corrected chi connectivity index (χ1v) is 5.70. The minimum atomic E-state index is -1.52. The number of hydrogen-bond acceptors (Lipinski definition) is 0. The molecule has 0 N–H and O–H groups in total. The predicted molar refractivity (Wildman–Crippen MR) is 42.3 cm³/mol. The molecule has 0 aromatic rings. The fraction of sp³-hybridized carbons (Fsp3) is 0.500. The van der Waals surface area contributed by atoms with Crippen LogP contribution in [0.3, 0.4) is 0 Å². The molecule has 0 aromatic heterocycles. The molecule has 1 heteroatoms. The average molecular weight is 134 g/mol. The van der Waals surface area contributed by atoms with Gasteiger partial charge in [-0.25, -0.2) is 0 Å². The SMILES string of the molecule is C#C[Si]1(C#C)CCCC1. The number of rotatable bonds is 0. The molecule has 1 heterocycles. The highest BCUT2D eigenvalue weighted by atomic mass is 28.3. The minimum Gasteiger partial charge on any atom is -0.126 e. The lowest BCUT2D eigenvalue weighted by Gasteiger charge is -2.07. The molecule has 0 saturated carbocycles. The largest absolute Gasteiger partial charge is 0.216 e. The third-order valence-electron chi connectivity index (χ3n) is 2.01. The van der Waals surface area contributed by atoms with E-state index in [9.17, 15) is 0 Å². The Bertz CT molecular complexity index is 158. The molecule has 0 aromatic carbocycles. The van der Waals surface area contributed by atoms with Gasteiger partial charge in [-0.2, -0.15) is 0 Å². The molecule has 1 aliphatic heterocycles. The molecular weight excluding hydrogens is 124 g/mol. The third kappa shape index (κ3) is 1.02. The molecule has 46 valence electrons. The Morgan fingerprint density at radius 2 is 1.44 bits per heavy atom. The van der Waals surface area contributed by atoms with Gasteiger partial charge in [-0.05, 0) is 12.1 Å². The van der Waals surface area contributed by atoms with Crippen LogP contribution in [0.2, 0.25) is 12.1 Å². The van der Waals surface area contributed by atoms with Crippen molar-refractivity contribution >= 4 is 8.07 Å². The molecule has 0 atom stereocenters. The normalized spacial score (nSPS) is 22.4. The Morgan fingerprint density at radius 3 is 1.67 bits per heavy atom. The summed E-state index contributed by atoms with van der Waals surface area (Å²) >= 11 is 0. The standard InChI is InChI=1S/C8H10Si/c1-3-9(4-2)7-5-6-8-9/h1-2H,5-8H2. The second kappa shape index (κ2) is 2.29. The van der Waals surface area contributed by atoms with E-state index in [1.54, 1.807) is 0 Å². The van der Waals surface area contributed by atoms with E-state index < -0.39 is 8.07 Å². The summed E-state index contributed by atoms with van der Waals surface area (Å²) in [6.45, 7) is 0. The first kappa shape index (κ1) is 6.46. The fourth-order valence-corrected chi connectivity index (χ4v) is 3.93. The molecule has 1 aliphatic rings. The molecule has 1 fully saturated rings. The monoisotopic (exact) mass is 134 g/mol. The smallest absolute Gasteiger partial charge is 0.126 e. The number of terminal acetylenes is 2. The van der Waals surface area contributed by atoms with Crippen LogP contribution in [0.25, 0.3) is 0 Å². The summed E-state index contributed by atoms with van der Waals surface area (Å²) in [6, 6.07) is 2.33. The maximum Gasteiger partial charge on any atom is 0.216 e. The fourth-order valence-electron chi connectivity index (χ4n) is 1.31. The maximum absolute atomic E-state index is 5.35. The maximum atomic E-state index is 5.35. The van der Waals surface area contributed by atoms with Gasteiger partial charge in [-0.3, -0.25) is 0 Å². The van der Waals surface area contributed by atoms with Gasteiger partial charge in [0.1, 0.15) is 0 Å². The zero-order valence-electron chi connectivity index (χ0n) is 5.48. The third-order valence-corrected chi connectivity index (χ3v) is 5.53. The zero-order valence-corrected chi connectivity index (χ0v) is 6.48. The summed E-state index contributed by atoms with van der Waals surface area (Å²) in [7, 11) is -1.52. The van der Waals surface area contributed by atoms with Gasteiger partial charge in [-0.15, -0.1) is 23.9 Å². The van der Waals surface area contributed by atoms with Gasteiger partial charge in [-0.1, -0.05) is 12.8 Å². The number of hydrogen-bond donors (Lipinski definition) is 0. The Labute approximate surface area is 57.7 Å². The van der Waals surface area contributed by atoms with Crippen molar-refractivity contribution in [1.82, 2.24) is 0 Å². The van der Waals surface area contributed by atoms with Crippen molar-refractivity contribution in [3.05, 3.63) is 0 Å². The molecule has 1 saturated heterocycles. The van der Waals surface area contributed by atoms with Crippen LogP contribution in [0.5, 0.6) is 0 Å². The van der Waals surface area contributed by atoms with Crippen molar-refractivity contribution in [3.63, 3.8) is 0 Å². The molecule has 9 heavy (non-hydrogen) atoms. The first-order valence-electron chi connectivity index (χ1n) is 3.28. The van der Waals surface area contributed by atoms with Crippen LogP contribution in [0.4, 0.5) is 0 Å². The lowest BCUT2D eigenvalue weighted by atomic mass is 10.4. The molecule has 0 bridgehead atoms. The van der Waals surface area contributed by atoms with Gasteiger partial charge in [0.15, 0.2) is 0 Å². The van der Waals surface area contributed by atoms with Gasteiger partial charge in [0.25, 0.3) is 0 Å². The van der Waals surface area contributed by atoms with Crippen LogP contribution in [0, 0.1) is 23.9 Å².